The average Bonchev–Trinajstić information content (AvgIpc) is 2.82. The smallest absolute Gasteiger partial charge is 0.295 e. The number of nitrogens with one attached hydrogen (secondary N) is 1. The first-order chi connectivity index (χ1) is 8.22. The largest absolute Gasteiger partial charge is 0.472 e. The molecule has 6 nitrogen and oxygen atoms in total. The Morgan fingerprint density at radius 1 is 1.47 bits per heavy atom. The van der Waals surface area contributed by atoms with Crippen LogP contribution in [0.1, 0.15) is 6.92 Å². The normalized spacial score (nSPS) is 10.2. The number of furan rings is 1. The zero-order valence-corrected chi connectivity index (χ0v) is 9.21. The summed E-state index contributed by atoms with van der Waals surface area (Å²) >= 11 is 0. The number of hydrogen-bond acceptors (Lipinski definition) is 5. The van der Waals surface area contributed by atoms with Crippen LogP contribution in [0, 0.1) is 10.1 Å². The molecular weight excluding hydrogens is 222 g/mol. The molecule has 0 amide bonds. The number of rotatable bonds is 4. The van der Waals surface area contributed by atoms with Crippen molar-refractivity contribution in [1.29, 1.82) is 0 Å². The Bertz CT molecular complexity index is 523. The van der Waals surface area contributed by atoms with Gasteiger partial charge in [0, 0.05) is 18.2 Å². The lowest BCUT2D eigenvalue weighted by Crippen LogP contribution is -2.01. The highest BCUT2D eigenvalue weighted by Gasteiger charge is 2.18. The van der Waals surface area contributed by atoms with Gasteiger partial charge in [-0.25, -0.2) is 4.98 Å². The number of nitro groups is 1. The van der Waals surface area contributed by atoms with Crippen molar-refractivity contribution < 1.29 is 9.34 Å². The maximum atomic E-state index is 10.9. The van der Waals surface area contributed by atoms with E-state index in [2.05, 4.69) is 10.3 Å². The first-order valence-corrected chi connectivity index (χ1v) is 5.14. The van der Waals surface area contributed by atoms with E-state index < -0.39 is 4.92 Å². The molecule has 88 valence electrons. The average molecular weight is 233 g/mol. The number of nitrogens with zero attached hydrogens (tertiary/aromatic N) is 2. The van der Waals surface area contributed by atoms with Crippen molar-refractivity contribution in [2.45, 2.75) is 6.92 Å². The molecule has 0 spiro atoms. The zero-order valence-electron chi connectivity index (χ0n) is 9.21. The standard InChI is InChI=1S/C11H11N3O3/c1-2-12-10-4-3-9(14(15)16)11(13-10)8-5-6-17-7-8/h3-7H,2H2,1H3,(H,12,13). The summed E-state index contributed by atoms with van der Waals surface area (Å²) in [6, 6.07) is 4.67. The van der Waals surface area contributed by atoms with Crippen molar-refractivity contribution in [2.75, 3.05) is 11.9 Å². The van der Waals surface area contributed by atoms with Gasteiger partial charge in [0.25, 0.3) is 5.69 Å². The van der Waals surface area contributed by atoms with Gasteiger partial charge in [0.1, 0.15) is 5.82 Å². The van der Waals surface area contributed by atoms with Gasteiger partial charge < -0.3 is 9.73 Å². The molecule has 17 heavy (non-hydrogen) atoms. The molecule has 0 aliphatic rings. The quantitative estimate of drug-likeness (QED) is 0.648. The molecule has 1 N–H and O–H groups in total. The fourth-order valence-electron chi connectivity index (χ4n) is 1.49. The highest BCUT2D eigenvalue weighted by Crippen LogP contribution is 2.29. The van der Waals surface area contributed by atoms with E-state index in [9.17, 15) is 10.1 Å². The molecule has 6 heteroatoms. The molecule has 0 radical (unpaired) electrons. The van der Waals surface area contributed by atoms with Gasteiger partial charge in [0.15, 0.2) is 5.69 Å². The van der Waals surface area contributed by atoms with Crippen LogP contribution in [-0.2, 0) is 0 Å². The minimum absolute atomic E-state index is 0.0342. The first-order valence-electron chi connectivity index (χ1n) is 5.14. The third kappa shape index (κ3) is 2.25. The van der Waals surface area contributed by atoms with Crippen molar-refractivity contribution in [2.24, 2.45) is 0 Å². The minimum Gasteiger partial charge on any atom is -0.472 e. The summed E-state index contributed by atoms with van der Waals surface area (Å²) in [7, 11) is 0. The van der Waals surface area contributed by atoms with Crippen LogP contribution in [0.3, 0.4) is 0 Å². The molecule has 2 aromatic rings. The Morgan fingerprint density at radius 2 is 2.29 bits per heavy atom. The Labute approximate surface area is 97.4 Å². The van der Waals surface area contributed by atoms with Gasteiger partial charge in [0.05, 0.1) is 17.4 Å². The van der Waals surface area contributed by atoms with E-state index in [1.54, 1.807) is 12.1 Å². The Kier molecular flexibility index (Phi) is 3.04. The predicted octanol–water partition coefficient (Wildman–Crippen LogP) is 2.68. The monoisotopic (exact) mass is 233 g/mol. The lowest BCUT2D eigenvalue weighted by molar-refractivity contribution is -0.384. The van der Waals surface area contributed by atoms with Crippen molar-refractivity contribution in [3.8, 4) is 11.3 Å². The highest BCUT2D eigenvalue weighted by atomic mass is 16.6. The first kappa shape index (κ1) is 11.1. The van der Waals surface area contributed by atoms with Gasteiger partial charge in [-0.05, 0) is 19.1 Å². The molecule has 0 unspecified atom stereocenters. The minimum atomic E-state index is -0.453. The van der Waals surface area contributed by atoms with E-state index in [-0.39, 0.29) is 5.69 Å². The molecule has 0 fully saturated rings. The third-order valence-electron chi connectivity index (χ3n) is 2.22. The van der Waals surface area contributed by atoms with Gasteiger partial charge >= 0.3 is 0 Å². The fourth-order valence-corrected chi connectivity index (χ4v) is 1.49. The molecular formula is C11H11N3O3. The van der Waals surface area contributed by atoms with Crippen LogP contribution in [0.25, 0.3) is 11.3 Å². The molecule has 0 aliphatic heterocycles. The maximum Gasteiger partial charge on any atom is 0.295 e. The SMILES string of the molecule is CCNc1ccc([N+](=O)[O-])c(-c2ccoc2)n1. The van der Waals surface area contributed by atoms with Gasteiger partial charge in [-0.15, -0.1) is 0 Å². The third-order valence-corrected chi connectivity index (χ3v) is 2.22. The molecule has 0 atom stereocenters. The Balaban J connectivity index is 2.52. The van der Waals surface area contributed by atoms with Crippen molar-refractivity contribution in [3.05, 3.63) is 40.8 Å². The van der Waals surface area contributed by atoms with E-state index in [1.165, 1.54) is 18.6 Å². The van der Waals surface area contributed by atoms with Crippen molar-refractivity contribution >= 4 is 11.5 Å². The maximum absolute atomic E-state index is 10.9. The van der Waals surface area contributed by atoms with Gasteiger partial charge in [-0.3, -0.25) is 10.1 Å². The van der Waals surface area contributed by atoms with Crippen LogP contribution in [-0.4, -0.2) is 16.5 Å². The fraction of sp³-hybridized carbons (Fsp3) is 0.182. The second-order valence-corrected chi connectivity index (χ2v) is 3.36. The lowest BCUT2D eigenvalue weighted by atomic mass is 10.2. The second kappa shape index (κ2) is 4.65. The van der Waals surface area contributed by atoms with Crippen LogP contribution >= 0.6 is 0 Å². The van der Waals surface area contributed by atoms with Gasteiger partial charge in [-0.2, -0.15) is 0 Å². The summed E-state index contributed by atoms with van der Waals surface area (Å²) in [5.74, 6) is 0.606. The molecule has 0 aliphatic carbocycles. The van der Waals surface area contributed by atoms with E-state index in [1.807, 2.05) is 6.92 Å². The van der Waals surface area contributed by atoms with E-state index in [0.717, 1.165) is 0 Å². The summed E-state index contributed by atoms with van der Waals surface area (Å²) in [5, 5.41) is 13.9. The number of anilines is 1. The molecule has 2 rings (SSSR count). The predicted molar refractivity (Wildman–Crippen MR) is 62.8 cm³/mol. The molecule has 2 aromatic heterocycles. The molecule has 0 aromatic carbocycles. The number of hydrogen-bond donors (Lipinski definition) is 1. The van der Waals surface area contributed by atoms with E-state index in [0.29, 0.717) is 23.6 Å². The van der Waals surface area contributed by atoms with Gasteiger partial charge in [0.2, 0.25) is 0 Å². The molecule has 0 saturated carbocycles. The summed E-state index contributed by atoms with van der Waals surface area (Å²) in [6.07, 6.45) is 2.89. The number of pyridine rings is 1. The molecule has 0 bridgehead atoms. The van der Waals surface area contributed by atoms with Crippen LogP contribution in [0.4, 0.5) is 11.5 Å². The summed E-state index contributed by atoms with van der Waals surface area (Å²) in [6.45, 7) is 2.64. The molecule has 2 heterocycles. The zero-order chi connectivity index (χ0) is 12.3. The number of aromatic nitrogens is 1. The van der Waals surface area contributed by atoms with E-state index in [4.69, 9.17) is 4.42 Å². The van der Waals surface area contributed by atoms with Crippen molar-refractivity contribution in [3.63, 3.8) is 0 Å². The Hall–Kier alpha value is -2.37. The van der Waals surface area contributed by atoms with Crippen LogP contribution < -0.4 is 5.32 Å². The molecule has 0 saturated heterocycles. The van der Waals surface area contributed by atoms with Gasteiger partial charge in [-0.1, -0.05) is 0 Å². The van der Waals surface area contributed by atoms with Crippen LogP contribution in [0.15, 0.2) is 35.1 Å². The summed E-state index contributed by atoms with van der Waals surface area (Å²) in [5.41, 5.74) is 0.867. The van der Waals surface area contributed by atoms with E-state index >= 15 is 0 Å². The summed E-state index contributed by atoms with van der Waals surface area (Å²) in [4.78, 5) is 14.7. The summed E-state index contributed by atoms with van der Waals surface area (Å²) < 4.78 is 4.92. The van der Waals surface area contributed by atoms with Crippen molar-refractivity contribution in [1.82, 2.24) is 4.98 Å². The second-order valence-electron chi connectivity index (χ2n) is 3.36. The lowest BCUT2D eigenvalue weighted by Gasteiger charge is -2.04. The van der Waals surface area contributed by atoms with Crippen LogP contribution in [0.2, 0.25) is 0 Å². The highest BCUT2D eigenvalue weighted by molar-refractivity contribution is 5.70. The Morgan fingerprint density at radius 3 is 2.88 bits per heavy atom. The topological polar surface area (TPSA) is 81.2 Å². The van der Waals surface area contributed by atoms with Crippen LogP contribution in [0.5, 0.6) is 0 Å².